The summed E-state index contributed by atoms with van der Waals surface area (Å²) >= 11 is 5.85. The number of hydrogen-bond donors (Lipinski definition) is 2. The lowest BCUT2D eigenvalue weighted by Crippen LogP contribution is -2.44. The van der Waals surface area contributed by atoms with Crippen LogP contribution in [0.3, 0.4) is 0 Å². The maximum Gasteiger partial charge on any atom is 0.407 e. The van der Waals surface area contributed by atoms with Gasteiger partial charge >= 0.3 is 6.09 Å². The van der Waals surface area contributed by atoms with E-state index in [9.17, 15) is 9.59 Å². The Morgan fingerprint density at radius 3 is 2.90 bits per heavy atom. The van der Waals surface area contributed by atoms with Crippen molar-refractivity contribution < 1.29 is 14.7 Å². The molecule has 7 nitrogen and oxygen atoms in total. The van der Waals surface area contributed by atoms with Crippen molar-refractivity contribution >= 4 is 23.6 Å². The molecule has 0 bridgehead atoms. The van der Waals surface area contributed by atoms with Crippen molar-refractivity contribution in [2.75, 3.05) is 13.1 Å². The van der Waals surface area contributed by atoms with E-state index in [0.29, 0.717) is 25.1 Å². The van der Waals surface area contributed by atoms with E-state index in [2.05, 4.69) is 15.3 Å². The van der Waals surface area contributed by atoms with Crippen molar-refractivity contribution in [3.8, 4) is 0 Å². The molecule has 1 fully saturated rings. The maximum atomic E-state index is 12.0. The second-order valence-corrected chi connectivity index (χ2v) is 4.94. The van der Waals surface area contributed by atoms with Crippen LogP contribution in [0, 0.1) is 5.92 Å². The van der Waals surface area contributed by atoms with Gasteiger partial charge in [0.15, 0.2) is 5.15 Å². The van der Waals surface area contributed by atoms with Crippen LogP contribution in [0.5, 0.6) is 0 Å². The van der Waals surface area contributed by atoms with Crippen molar-refractivity contribution in [1.82, 2.24) is 20.2 Å². The van der Waals surface area contributed by atoms with Gasteiger partial charge in [0.2, 0.25) is 5.91 Å². The number of amides is 2. The second kappa shape index (κ2) is 6.51. The third-order valence-electron chi connectivity index (χ3n) is 3.22. The Kier molecular flexibility index (Phi) is 4.73. The van der Waals surface area contributed by atoms with E-state index >= 15 is 0 Å². The molecule has 0 saturated carbocycles. The normalized spacial score (nSPS) is 18.6. The highest BCUT2D eigenvalue weighted by Crippen LogP contribution is 2.17. The van der Waals surface area contributed by atoms with E-state index in [4.69, 9.17) is 16.7 Å². The van der Waals surface area contributed by atoms with Gasteiger partial charge in [-0.25, -0.2) is 9.78 Å². The van der Waals surface area contributed by atoms with Crippen molar-refractivity contribution in [3.63, 3.8) is 0 Å². The van der Waals surface area contributed by atoms with Crippen LogP contribution >= 0.6 is 11.6 Å². The molecule has 0 aliphatic carbocycles. The van der Waals surface area contributed by atoms with E-state index in [1.54, 1.807) is 0 Å². The summed E-state index contributed by atoms with van der Waals surface area (Å²) in [7, 11) is 0. The standard InChI is InChI=1S/C12H15ClN4O3/c13-10-9(14-3-4-15-10)6-16-11(18)8-2-1-5-17(7-8)12(19)20/h3-4,8H,1-2,5-7H2,(H,16,18)(H,19,20). The van der Waals surface area contributed by atoms with Crippen molar-refractivity contribution in [2.45, 2.75) is 19.4 Å². The first-order valence-corrected chi connectivity index (χ1v) is 6.66. The number of carbonyl (C=O) groups excluding carboxylic acids is 1. The molecule has 1 aromatic heterocycles. The Bertz CT molecular complexity index is 511. The molecule has 2 amide bonds. The van der Waals surface area contributed by atoms with Crippen LogP contribution < -0.4 is 5.32 Å². The predicted molar refractivity (Wildman–Crippen MR) is 71.2 cm³/mol. The molecule has 1 unspecified atom stereocenters. The molecule has 2 rings (SSSR count). The highest BCUT2D eigenvalue weighted by atomic mass is 35.5. The lowest BCUT2D eigenvalue weighted by Gasteiger charge is -2.29. The summed E-state index contributed by atoms with van der Waals surface area (Å²) in [4.78, 5) is 32.1. The SMILES string of the molecule is O=C(NCc1nccnc1Cl)C1CCCN(C(=O)O)C1. The first kappa shape index (κ1) is 14.5. The monoisotopic (exact) mass is 298 g/mol. The number of rotatable bonds is 3. The van der Waals surface area contributed by atoms with E-state index in [0.717, 1.165) is 0 Å². The van der Waals surface area contributed by atoms with Gasteiger partial charge in [-0.1, -0.05) is 11.6 Å². The van der Waals surface area contributed by atoms with Gasteiger partial charge in [0.1, 0.15) is 0 Å². The number of aromatic nitrogens is 2. The van der Waals surface area contributed by atoms with E-state index in [1.807, 2.05) is 0 Å². The molecule has 20 heavy (non-hydrogen) atoms. The molecule has 0 radical (unpaired) electrons. The number of piperidine rings is 1. The highest BCUT2D eigenvalue weighted by Gasteiger charge is 2.28. The Morgan fingerprint density at radius 1 is 1.45 bits per heavy atom. The minimum Gasteiger partial charge on any atom is -0.465 e. The number of hydrogen-bond acceptors (Lipinski definition) is 4. The van der Waals surface area contributed by atoms with Crippen molar-refractivity contribution in [2.24, 2.45) is 5.92 Å². The molecule has 0 aromatic carbocycles. The summed E-state index contributed by atoms with van der Waals surface area (Å²) in [6.07, 6.45) is 3.36. The van der Waals surface area contributed by atoms with E-state index in [-0.39, 0.29) is 30.1 Å². The van der Waals surface area contributed by atoms with Crippen molar-refractivity contribution in [3.05, 3.63) is 23.2 Å². The number of carbonyl (C=O) groups is 2. The fourth-order valence-corrected chi connectivity index (χ4v) is 2.32. The zero-order chi connectivity index (χ0) is 14.5. The molecular weight excluding hydrogens is 284 g/mol. The van der Waals surface area contributed by atoms with Gasteiger partial charge in [-0.2, -0.15) is 0 Å². The quantitative estimate of drug-likeness (QED) is 0.872. The first-order valence-electron chi connectivity index (χ1n) is 6.29. The molecule has 1 atom stereocenters. The van der Waals surface area contributed by atoms with Gasteiger partial charge in [0, 0.05) is 25.5 Å². The minimum atomic E-state index is -0.987. The molecule has 108 valence electrons. The zero-order valence-corrected chi connectivity index (χ0v) is 11.5. The van der Waals surface area contributed by atoms with Gasteiger partial charge < -0.3 is 15.3 Å². The summed E-state index contributed by atoms with van der Waals surface area (Å²) in [5.41, 5.74) is 0.494. The topological polar surface area (TPSA) is 95.4 Å². The number of nitrogens with one attached hydrogen (secondary N) is 1. The van der Waals surface area contributed by atoms with Crippen molar-refractivity contribution in [1.29, 1.82) is 0 Å². The molecule has 1 saturated heterocycles. The Morgan fingerprint density at radius 2 is 2.20 bits per heavy atom. The van der Waals surface area contributed by atoms with Gasteiger partial charge in [0.05, 0.1) is 18.2 Å². The Hall–Kier alpha value is -1.89. The van der Waals surface area contributed by atoms with Crippen LogP contribution in [0.1, 0.15) is 18.5 Å². The summed E-state index contributed by atoms with van der Waals surface area (Å²) in [6.45, 7) is 0.902. The predicted octanol–water partition coefficient (Wildman–Crippen LogP) is 1.14. The Balaban J connectivity index is 1.89. The third kappa shape index (κ3) is 3.57. The summed E-state index contributed by atoms with van der Waals surface area (Å²) in [5, 5.41) is 11.9. The largest absolute Gasteiger partial charge is 0.465 e. The molecule has 1 aliphatic heterocycles. The van der Waals surface area contributed by atoms with E-state index in [1.165, 1.54) is 17.3 Å². The van der Waals surface area contributed by atoms with E-state index < -0.39 is 6.09 Å². The lowest BCUT2D eigenvalue weighted by atomic mass is 9.97. The van der Waals surface area contributed by atoms with Gasteiger partial charge in [-0.05, 0) is 12.8 Å². The molecule has 8 heteroatoms. The average molecular weight is 299 g/mol. The van der Waals surface area contributed by atoms with Crippen LogP contribution in [0.15, 0.2) is 12.4 Å². The molecule has 1 aromatic rings. The van der Waals surface area contributed by atoms with Crippen LogP contribution in [0.25, 0.3) is 0 Å². The van der Waals surface area contributed by atoms with Crippen LogP contribution in [-0.2, 0) is 11.3 Å². The highest BCUT2D eigenvalue weighted by molar-refractivity contribution is 6.29. The molecular formula is C12H15ClN4O3. The van der Waals surface area contributed by atoms with Gasteiger partial charge in [-0.15, -0.1) is 0 Å². The Labute approximate surface area is 121 Å². The molecule has 2 heterocycles. The fraction of sp³-hybridized carbons (Fsp3) is 0.500. The molecule has 2 N–H and O–H groups in total. The van der Waals surface area contributed by atoms with Gasteiger partial charge in [-0.3, -0.25) is 9.78 Å². The fourth-order valence-electron chi connectivity index (χ4n) is 2.15. The van der Waals surface area contributed by atoms with Crippen LogP contribution in [-0.4, -0.2) is 45.1 Å². The van der Waals surface area contributed by atoms with Gasteiger partial charge in [0.25, 0.3) is 0 Å². The zero-order valence-electron chi connectivity index (χ0n) is 10.8. The minimum absolute atomic E-state index is 0.183. The third-order valence-corrected chi connectivity index (χ3v) is 3.53. The summed E-state index contributed by atoms with van der Waals surface area (Å²) in [5.74, 6) is -0.507. The number of halogens is 1. The smallest absolute Gasteiger partial charge is 0.407 e. The lowest BCUT2D eigenvalue weighted by molar-refractivity contribution is -0.126. The number of likely N-dealkylation sites (tertiary alicyclic amines) is 1. The van der Waals surface area contributed by atoms with Crippen LogP contribution in [0.4, 0.5) is 4.79 Å². The molecule has 0 spiro atoms. The average Bonchev–Trinajstić information content (AvgIpc) is 2.46. The summed E-state index contributed by atoms with van der Waals surface area (Å²) in [6, 6.07) is 0. The second-order valence-electron chi connectivity index (χ2n) is 4.58. The number of nitrogens with zero attached hydrogens (tertiary/aromatic N) is 3. The summed E-state index contributed by atoms with van der Waals surface area (Å²) < 4.78 is 0. The number of carboxylic acid groups (broad SMARTS) is 1. The van der Waals surface area contributed by atoms with Crippen LogP contribution in [0.2, 0.25) is 5.15 Å². The molecule has 1 aliphatic rings. The maximum absolute atomic E-state index is 12.0. The first-order chi connectivity index (χ1) is 9.58.